The van der Waals surface area contributed by atoms with E-state index in [0.717, 1.165) is 23.1 Å². The molecule has 0 aliphatic heterocycles. The quantitative estimate of drug-likeness (QED) is 0.268. The standard InChI is InChI=1S/C17H31N5O2S2/c1-16(2,3)24-14(23)22-17(4,5)12-21-13(18-6)19-8-7-10-25-15-20-9-11-26-15/h9,11H,7-8,10,12H2,1-6H3,(H,22,23)(H2,18,19,21). The van der Waals surface area contributed by atoms with Crippen molar-refractivity contribution in [2.24, 2.45) is 4.99 Å². The molecule has 0 atom stereocenters. The molecule has 26 heavy (non-hydrogen) atoms. The van der Waals surface area contributed by atoms with E-state index < -0.39 is 17.2 Å². The lowest BCUT2D eigenvalue weighted by molar-refractivity contribution is 0.0474. The van der Waals surface area contributed by atoms with Crippen LogP contribution >= 0.6 is 23.1 Å². The van der Waals surface area contributed by atoms with Gasteiger partial charge in [-0.25, -0.2) is 9.78 Å². The van der Waals surface area contributed by atoms with E-state index in [4.69, 9.17) is 4.74 Å². The number of carbonyl (C=O) groups excluding carboxylic acids is 1. The molecule has 9 heteroatoms. The molecule has 1 amide bonds. The highest BCUT2D eigenvalue weighted by Crippen LogP contribution is 2.20. The SMILES string of the molecule is CN=C(NCCCSc1nccs1)NCC(C)(C)NC(=O)OC(C)(C)C. The molecule has 0 aromatic carbocycles. The lowest BCUT2D eigenvalue weighted by atomic mass is 10.1. The third-order valence-electron chi connectivity index (χ3n) is 3.01. The van der Waals surface area contributed by atoms with E-state index in [2.05, 4.69) is 25.9 Å². The van der Waals surface area contributed by atoms with Crippen molar-refractivity contribution in [2.45, 2.75) is 56.5 Å². The fourth-order valence-corrected chi connectivity index (χ4v) is 3.52. The van der Waals surface area contributed by atoms with E-state index in [9.17, 15) is 4.79 Å². The van der Waals surface area contributed by atoms with Crippen molar-refractivity contribution in [3.63, 3.8) is 0 Å². The van der Waals surface area contributed by atoms with Crippen molar-refractivity contribution in [3.8, 4) is 0 Å². The van der Waals surface area contributed by atoms with Gasteiger partial charge in [-0.2, -0.15) is 0 Å². The zero-order chi connectivity index (χ0) is 19.6. The molecule has 0 fully saturated rings. The molecule has 1 rings (SSSR count). The van der Waals surface area contributed by atoms with Gasteiger partial charge in [0.2, 0.25) is 0 Å². The maximum atomic E-state index is 11.9. The average Bonchev–Trinajstić information content (AvgIpc) is 3.00. The highest BCUT2D eigenvalue weighted by atomic mass is 32.2. The fraction of sp³-hybridized carbons (Fsp3) is 0.706. The Kier molecular flexibility index (Phi) is 9.21. The average molecular weight is 402 g/mol. The van der Waals surface area contributed by atoms with E-state index in [0.29, 0.717) is 12.5 Å². The highest BCUT2D eigenvalue weighted by Gasteiger charge is 2.24. The molecule has 0 radical (unpaired) electrons. The van der Waals surface area contributed by atoms with Crippen LogP contribution in [0.5, 0.6) is 0 Å². The number of nitrogens with zero attached hydrogens (tertiary/aromatic N) is 2. The third-order valence-corrected chi connectivity index (χ3v) is 5.06. The van der Waals surface area contributed by atoms with Gasteiger partial charge in [0.05, 0.1) is 5.54 Å². The first-order valence-electron chi connectivity index (χ1n) is 8.59. The summed E-state index contributed by atoms with van der Waals surface area (Å²) < 4.78 is 6.40. The van der Waals surface area contributed by atoms with Crippen molar-refractivity contribution in [3.05, 3.63) is 11.6 Å². The van der Waals surface area contributed by atoms with E-state index in [-0.39, 0.29) is 0 Å². The van der Waals surface area contributed by atoms with Crippen molar-refractivity contribution >= 4 is 35.2 Å². The summed E-state index contributed by atoms with van der Waals surface area (Å²) in [5.74, 6) is 1.71. The van der Waals surface area contributed by atoms with Gasteiger partial charge >= 0.3 is 6.09 Å². The summed E-state index contributed by atoms with van der Waals surface area (Å²) >= 11 is 3.42. The predicted octanol–water partition coefficient (Wildman–Crippen LogP) is 3.09. The Morgan fingerprint density at radius 2 is 2.04 bits per heavy atom. The summed E-state index contributed by atoms with van der Waals surface area (Å²) in [6.07, 6.45) is 2.40. The molecule has 0 bridgehead atoms. The van der Waals surface area contributed by atoms with Crippen LogP contribution in [0.15, 0.2) is 20.9 Å². The Hall–Kier alpha value is -1.48. The van der Waals surface area contributed by atoms with Gasteiger partial charge in [0, 0.05) is 37.5 Å². The molecule has 0 spiro atoms. The molecule has 3 N–H and O–H groups in total. The summed E-state index contributed by atoms with van der Waals surface area (Å²) in [6.45, 7) is 10.7. The first kappa shape index (κ1) is 22.6. The number of hydrogen-bond acceptors (Lipinski definition) is 6. The number of ether oxygens (including phenoxy) is 1. The molecule has 1 aromatic heterocycles. The number of hydrogen-bond donors (Lipinski definition) is 3. The van der Waals surface area contributed by atoms with Crippen molar-refractivity contribution in [1.82, 2.24) is 20.9 Å². The van der Waals surface area contributed by atoms with Crippen LogP contribution in [-0.2, 0) is 4.74 Å². The van der Waals surface area contributed by atoms with E-state index >= 15 is 0 Å². The van der Waals surface area contributed by atoms with Gasteiger partial charge in [-0.1, -0.05) is 11.8 Å². The minimum absolute atomic E-state index is 0.425. The largest absolute Gasteiger partial charge is 0.444 e. The first-order valence-corrected chi connectivity index (χ1v) is 10.5. The van der Waals surface area contributed by atoms with Gasteiger partial charge in [-0.05, 0) is 41.0 Å². The van der Waals surface area contributed by atoms with Gasteiger partial charge in [-0.3, -0.25) is 4.99 Å². The normalized spacial score (nSPS) is 12.6. The monoisotopic (exact) mass is 401 g/mol. The summed E-state index contributed by atoms with van der Waals surface area (Å²) in [6, 6.07) is 0. The van der Waals surface area contributed by atoms with Crippen LogP contribution in [0.3, 0.4) is 0 Å². The fourth-order valence-electron chi connectivity index (χ4n) is 1.87. The third kappa shape index (κ3) is 10.5. The number of aliphatic imine (C=N–C) groups is 1. The number of thioether (sulfide) groups is 1. The number of nitrogens with one attached hydrogen (secondary N) is 3. The number of carbonyl (C=O) groups is 1. The lowest BCUT2D eigenvalue weighted by Gasteiger charge is -2.29. The van der Waals surface area contributed by atoms with Gasteiger partial charge < -0.3 is 20.7 Å². The summed E-state index contributed by atoms with van der Waals surface area (Å²) in [5, 5.41) is 11.4. The van der Waals surface area contributed by atoms with Gasteiger partial charge in [-0.15, -0.1) is 11.3 Å². The van der Waals surface area contributed by atoms with Crippen LogP contribution < -0.4 is 16.0 Å². The second-order valence-electron chi connectivity index (χ2n) is 7.36. The molecular weight excluding hydrogens is 370 g/mol. The zero-order valence-corrected chi connectivity index (χ0v) is 18.1. The van der Waals surface area contributed by atoms with Crippen molar-refractivity contribution in [1.29, 1.82) is 0 Å². The highest BCUT2D eigenvalue weighted by molar-refractivity contribution is 8.00. The molecule has 148 valence electrons. The molecule has 0 aliphatic rings. The van der Waals surface area contributed by atoms with E-state index in [1.165, 1.54) is 0 Å². The zero-order valence-electron chi connectivity index (χ0n) is 16.5. The van der Waals surface area contributed by atoms with Crippen LogP contribution in [0.1, 0.15) is 41.0 Å². The molecule has 0 aliphatic carbocycles. The number of alkyl carbamates (subject to hydrolysis) is 1. The van der Waals surface area contributed by atoms with E-state index in [1.54, 1.807) is 30.1 Å². The summed E-state index contributed by atoms with van der Waals surface area (Å²) in [5.41, 5.74) is -0.984. The minimum Gasteiger partial charge on any atom is -0.444 e. The predicted molar refractivity (Wildman–Crippen MR) is 110 cm³/mol. The summed E-state index contributed by atoms with van der Waals surface area (Å²) in [4.78, 5) is 20.4. The number of amides is 1. The Morgan fingerprint density at radius 1 is 1.31 bits per heavy atom. The number of thiazole rings is 1. The van der Waals surface area contributed by atoms with Crippen molar-refractivity contribution in [2.75, 3.05) is 25.9 Å². The first-order chi connectivity index (χ1) is 12.1. The minimum atomic E-state index is -0.512. The van der Waals surface area contributed by atoms with Crippen LogP contribution in [-0.4, -0.2) is 54.1 Å². The molecule has 1 aromatic rings. The second-order valence-corrected chi connectivity index (χ2v) is 9.60. The maximum absolute atomic E-state index is 11.9. The Labute approximate surface area is 164 Å². The second kappa shape index (κ2) is 10.6. The lowest BCUT2D eigenvalue weighted by Crippen LogP contribution is -2.54. The van der Waals surface area contributed by atoms with E-state index in [1.807, 2.05) is 46.2 Å². The number of aromatic nitrogens is 1. The maximum Gasteiger partial charge on any atom is 0.408 e. The molecular formula is C17H31N5O2S2. The molecule has 1 heterocycles. The smallest absolute Gasteiger partial charge is 0.408 e. The molecule has 0 saturated carbocycles. The van der Waals surface area contributed by atoms with Crippen LogP contribution in [0.25, 0.3) is 0 Å². The number of guanidine groups is 1. The molecule has 7 nitrogen and oxygen atoms in total. The molecule has 0 unspecified atom stereocenters. The Morgan fingerprint density at radius 3 is 2.62 bits per heavy atom. The van der Waals surface area contributed by atoms with Gasteiger partial charge in [0.25, 0.3) is 0 Å². The summed E-state index contributed by atoms with van der Waals surface area (Å²) in [7, 11) is 1.73. The topological polar surface area (TPSA) is 87.6 Å². The van der Waals surface area contributed by atoms with Crippen LogP contribution in [0, 0.1) is 0 Å². The molecule has 0 saturated heterocycles. The van der Waals surface area contributed by atoms with Crippen LogP contribution in [0.4, 0.5) is 4.79 Å². The van der Waals surface area contributed by atoms with Gasteiger partial charge in [0.15, 0.2) is 5.96 Å². The Balaban J connectivity index is 2.25. The number of rotatable bonds is 8. The van der Waals surface area contributed by atoms with Gasteiger partial charge in [0.1, 0.15) is 9.94 Å². The van der Waals surface area contributed by atoms with Crippen LogP contribution in [0.2, 0.25) is 0 Å². The Bertz CT molecular complexity index is 568. The van der Waals surface area contributed by atoms with Crippen molar-refractivity contribution < 1.29 is 9.53 Å².